The molecule has 0 unspecified atom stereocenters. The predicted molar refractivity (Wildman–Crippen MR) is 66.0 cm³/mol. The summed E-state index contributed by atoms with van der Waals surface area (Å²) in [6, 6.07) is 0. The average Bonchev–Trinajstić information content (AvgIpc) is 2.06. The van der Waals surface area contributed by atoms with Crippen molar-refractivity contribution in [2.45, 2.75) is 32.7 Å². The molecule has 0 saturated heterocycles. The van der Waals surface area contributed by atoms with E-state index in [1.54, 1.807) is 0 Å². The van der Waals surface area contributed by atoms with Gasteiger partial charge in [-0.25, -0.2) is 13.1 Å². The first kappa shape index (κ1) is 15.8. The first-order valence-electron chi connectivity index (χ1n) is 5.54. The fourth-order valence-electron chi connectivity index (χ4n) is 1.38. The van der Waals surface area contributed by atoms with Crippen molar-refractivity contribution in [3.05, 3.63) is 0 Å². The van der Waals surface area contributed by atoms with Crippen LogP contribution in [0.3, 0.4) is 0 Å². The minimum absolute atomic E-state index is 0.459. The summed E-state index contributed by atoms with van der Waals surface area (Å²) in [5, 5.41) is 3.20. The molecule has 98 valence electrons. The van der Waals surface area contributed by atoms with Crippen LogP contribution in [0.2, 0.25) is 0 Å². The number of ether oxygens (including phenoxy) is 1. The molecule has 0 amide bonds. The largest absolute Gasteiger partial charge is 0.382 e. The third-order valence-corrected chi connectivity index (χ3v) is 2.80. The van der Waals surface area contributed by atoms with Gasteiger partial charge in [-0.05, 0) is 33.7 Å². The summed E-state index contributed by atoms with van der Waals surface area (Å²) in [5.41, 5.74) is -0.459. The Morgan fingerprint density at radius 2 is 1.94 bits per heavy atom. The second-order valence-electron chi connectivity index (χ2n) is 4.49. The van der Waals surface area contributed by atoms with Crippen LogP contribution in [0.5, 0.6) is 0 Å². The van der Waals surface area contributed by atoms with Crippen molar-refractivity contribution in [2.75, 3.05) is 32.6 Å². The molecule has 0 aliphatic carbocycles. The maximum absolute atomic E-state index is 11.1. The molecular weight excluding hydrogens is 228 g/mol. The molecule has 2 N–H and O–H groups in total. The highest BCUT2D eigenvalue weighted by atomic mass is 32.2. The lowest BCUT2D eigenvalue weighted by Crippen LogP contribution is -2.50. The molecule has 16 heavy (non-hydrogen) atoms. The Hall–Kier alpha value is -0.170. The van der Waals surface area contributed by atoms with Crippen LogP contribution >= 0.6 is 0 Å². The second-order valence-corrected chi connectivity index (χ2v) is 6.23. The normalized spacial score (nSPS) is 13.0. The Morgan fingerprint density at radius 3 is 2.44 bits per heavy atom. The fourth-order valence-corrected chi connectivity index (χ4v) is 2.46. The standard InChI is InChI=1S/C10H24N2O3S/c1-5-15-8-6-7-11-9-10(2,3)12-16(4,13)14/h11-12H,5-9H2,1-4H3. The SMILES string of the molecule is CCOCCCNCC(C)(C)NS(C)(=O)=O. The Labute approximate surface area is 99.0 Å². The Bertz CT molecular complexity index is 276. The molecule has 5 nitrogen and oxygen atoms in total. The van der Waals surface area contributed by atoms with E-state index in [1.807, 2.05) is 20.8 Å². The topological polar surface area (TPSA) is 67.4 Å². The van der Waals surface area contributed by atoms with Gasteiger partial charge in [0.15, 0.2) is 0 Å². The van der Waals surface area contributed by atoms with Crippen molar-refractivity contribution in [2.24, 2.45) is 0 Å². The van der Waals surface area contributed by atoms with Gasteiger partial charge in [0.05, 0.1) is 6.26 Å². The van der Waals surface area contributed by atoms with Gasteiger partial charge < -0.3 is 10.1 Å². The van der Waals surface area contributed by atoms with Crippen molar-refractivity contribution >= 4 is 10.0 Å². The van der Waals surface area contributed by atoms with Gasteiger partial charge in [0.25, 0.3) is 0 Å². The van der Waals surface area contributed by atoms with Crippen LogP contribution in [0.4, 0.5) is 0 Å². The third-order valence-electron chi connectivity index (χ3n) is 1.87. The molecule has 0 heterocycles. The molecule has 0 saturated carbocycles. The summed E-state index contributed by atoms with van der Waals surface area (Å²) in [5.74, 6) is 0. The van der Waals surface area contributed by atoms with Crippen molar-refractivity contribution in [1.29, 1.82) is 0 Å². The van der Waals surface area contributed by atoms with E-state index in [2.05, 4.69) is 10.0 Å². The first-order valence-corrected chi connectivity index (χ1v) is 7.43. The van der Waals surface area contributed by atoms with E-state index in [9.17, 15) is 8.42 Å². The Balaban J connectivity index is 3.66. The maximum atomic E-state index is 11.1. The molecule has 0 aliphatic rings. The van der Waals surface area contributed by atoms with E-state index >= 15 is 0 Å². The zero-order chi connectivity index (χ0) is 12.7. The minimum atomic E-state index is -3.15. The lowest BCUT2D eigenvalue weighted by molar-refractivity contribution is 0.144. The molecule has 0 aromatic carbocycles. The van der Waals surface area contributed by atoms with Crippen molar-refractivity contribution in [3.63, 3.8) is 0 Å². The summed E-state index contributed by atoms with van der Waals surface area (Å²) >= 11 is 0. The van der Waals surface area contributed by atoms with Crippen LogP contribution in [0.15, 0.2) is 0 Å². The Morgan fingerprint density at radius 1 is 1.31 bits per heavy atom. The summed E-state index contributed by atoms with van der Waals surface area (Å²) in [6.45, 7) is 8.57. The predicted octanol–water partition coefficient (Wildman–Crippen LogP) is 0.330. The van der Waals surface area contributed by atoms with E-state index in [-0.39, 0.29) is 0 Å². The highest BCUT2D eigenvalue weighted by Gasteiger charge is 2.21. The number of nitrogens with one attached hydrogen (secondary N) is 2. The molecule has 0 spiro atoms. The van der Waals surface area contributed by atoms with E-state index in [0.29, 0.717) is 6.54 Å². The number of hydrogen-bond acceptors (Lipinski definition) is 4. The third kappa shape index (κ3) is 10.4. The summed E-state index contributed by atoms with van der Waals surface area (Å²) in [6.07, 6.45) is 2.10. The Kier molecular flexibility index (Phi) is 7.14. The van der Waals surface area contributed by atoms with Crippen LogP contribution < -0.4 is 10.0 Å². The van der Waals surface area contributed by atoms with Gasteiger partial charge in [0, 0.05) is 25.3 Å². The van der Waals surface area contributed by atoms with E-state index in [0.717, 1.165) is 26.2 Å². The van der Waals surface area contributed by atoms with E-state index in [4.69, 9.17) is 4.74 Å². The van der Waals surface area contributed by atoms with Crippen LogP contribution in [0.1, 0.15) is 27.2 Å². The molecule has 0 atom stereocenters. The van der Waals surface area contributed by atoms with Gasteiger partial charge in [-0.15, -0.1) is 0 Å². The quantitative estimate of drug-likeness (QED) is 0.580. The second kappa shape index (κ2) is 7.21. The van der Waals surface area contributed by atoms with Gasteiger partial charge in [-0.3, -0.25) is 0 Å². The van der Waals surface area contributed by atoms with Crippen LogP contribution in [0.25, 0.3) is 0 Å². The molecule has 0 aromatic heterocycles. The molecule has 0 bridgehead atoms. The van der Waals surface area contributed by atoms with Crippen molar-refractivity contribution < 1.29 is 13.2 Å². The summed E-state index contributed by atoms with van der Waals surface area (Å²) < 4.78 is 29.9. The molecule has 0 aliphatic heterocycles. The lowest BCUT2D eigenvalue weighted by atomic mass is 10.1. The van der Waals surface area contributed by atoms with Crippen LogP contribution in [-0.4, -0.2) is 46.5 Å². The van der Waals surface area contributed by atoms with E-state index < -0.39 is 15.6 Å². The first-order chi connectivity index (χ1) is 7.27. The number of hydrogen-bond donors (Lipinski definition) is 2. The highest BCUT2D eigenvalue weighted by Crippen LogP contribution is 2.01. The molecule has 0 fully saturated rings. The van der Waals surface area contributed by atoms with Crippen molar-refractivity contribution in [3.8, 4) is 0 Å². The fraction of sp³-hybridized carbons (Fsp3) is 1.00. The number of rotatable bonds is 9. The van der Waals surface area contributed by atoms with Gasteiger partial charge in [0.1, 0.15) is 0 Å². The molecule has 6 heteroatoms. The monoisotopic (exact) mass is 252 g/mol. The zero-order valence-corrected chi connectivity index (χ0v) is 11.5. The number of sulfonamides is 1. The van der Waals surface area contributed by atoms with Gasteiger partial charge in [0.2, 0.25) is 10.0 Å². The van der Waals surface area contributed by atoms with Gasteiger partial charge in [-0.2, -0.15) is 0 Å². The molecular formula is C10H24N2O3S. The minimum Gasteiger partial charge on any atom is -0.382 e. The maximum Gasteiger partial charge on any atom is 0.209 e. The molecule has 0 radical (unpaired) electrons. The van der Waals surface area contributed by atoms with E-state index in [1.165, 1.54) is 6.26 Å². The summed E-state index contributed by atoms with van der Waals surface area (Å²) in [7, 11) is -3.15. The van der Waals surface area contributed by atoms with Gasteiger partial charge in [-0.1, -0.05) is 0 Å². The highest BCUT2D eigenvalue weighted by molar-refractivity contribution is 7.88. The zero-order valence-electron chi connectivity index (χ0n) is 10.7. The average molecular weight is 252 g/mol. The molecule has 0 aromatic rings. The van der Waals surface area contributed by atoms with Crippen LogP contribution in [-0.2, 0) is 14.8 Å². The lowest BCUT2D eigenvalue weighted by Gasteiger charge is -2.25. The van der Waals surface area contributed by atoms with Crippen molar-refractivity contribution in [1.82, 2.24) is 10.0 Å². The molecule has 0 rings (SSSR count). The van der Waals surface area contributed by atoms with Crippen LogP contribution in [0, 0.1) is 0 Å². The smallest absolute Gasteiger partial charge is 0.209 e. The van der Waals surface area contributed by atoms with Gasteiger partial charge >= 0.3 is 0 Å². The summed E-state index contributed by atoms with van der Waals surface area (Å²) in [4.78, 5) is 0.